The van der Waals surface area contributed by atoms with Gasteiger partial charge in [0.05, 0.1) is 0 Å². The Morgan fingerprint density at radius 2 is 1.80 bits per heavy atom. The molecule has 0 bridgehead atoms. The smallest absolute Gasteiger partial charge is 0.128 e. The van der Waals surface area contributed by atoms with Crippen molar-refractivity contribution in [1.82, 2.24) is 0 Å². The maximum atomic E-state index is 4.71. The van der Waals surface area contributed by atoms with Gasteiger partial charge in [-0.25, -0.2) is 0 Å². The van der Waals surface area contributed by atoms with E-state index in [1.807, 2.05) is 0 Å². The van der Waals surface area contributed by atoms with Gasteiger partial charge in [0, 0.05) is 21.1 Å². The minimum atomic E-state index is 0. The van der Waals surface area contributed by atoms with Crippen LogP contribution >= 0.6 is 24.8 Å². The van der Waals surface area contributed by atoms with E-state index in [9.17, 15) is 0 Å². The average Bonchev–Trinajstić information content (AvgIpc) is 0.811. The Morgan fingerprint density at radius 1 is 1.80 bits per heavy atom. The van der Waals surface area contributed by atoms with Gasteiger partial charge in [-0.05, 0) is 0 Å². The zero-order valence-corrected chi connectivity index (χ0v) is 6.99. The zero-order chi connectivity index (χ0) is 3.58. The number of hydrogen-bond donors (Lipinski definition) is 2. The monoisotopic (exact) mass is 277 g/mol. The van der Waals surface area contributed by atoms with E-state index in [1.54, 1.807) is 0 Å². The van der Waals surface area contributed by atoms with Gasteiger partial charge in [-0.1, -0.05) is 12.2 Å². The molecule has 0 saturated heterocycles. The molecule has 0 aromatic heterocycles. The first-order valence-electron chi connectivity index (χ1n) is 0.716. The summed E-state index contributed by atoms with van der Waals surface area (Å²) in [6, 6.07) is 0. The Labute approximate surface area is 56.0 Å². The second-order valence-electron chi connectivity index (χ2n) is 0.338. The summed E-state index contributed by atoms with van der Waals surface area (Å²) >= 11 is 7.65. The largest absolute Gasteiger partial charge is 0.385 e. The van der Waals surface area contributed by atoms with Crippen molar-refractivity contribution in [3.63, 3.8) is 0 Å². The molecule has 0 rings (SSSR count). The van der Waals surface area contributed by atoms with Gasteiger partial charge < -0.3 is 5.73 Å². The predicted molar refractivity (Wildman–Crippen MR) is 25.8 cm³/mol. The summed E-state index contributed by atoms with van der Waals surface area (Å²) in [5.74, 6) is 0. The molecule has 0 atom stereocenters. The van der Waals surface area contributed by atoms with Crippen LogP contribution in [0.2, 0.25) is 0 Å². The van der Waals surface area contributed by atoms with E-state index in [-0.39, 0.29) is 25.4 Å². The van der Waals surface area contributed by atoms with Crippen LogP contribution in [0.4, 0.5) is 0 Å². The molecule has 0 aliphatic heterocycles. The van der Waals surface area contributed by atoms with Crippen molar-refractivity contribution in [3.8, 4) is 0 Å². The van der Waals surface area contributed by atoms with Crippen LogP contribution in [0.5, 0.6) is 0 Å². The first kappa shape index (κ1) is 9.33. The first-order valence-corrected chi connectivity index (χ1v) is 1.57. The number of rotatable bonds is 0. The number of thiol groups is 1. The molecule has 0 aromatic carbocycles. The van der Waals surface area contributed by atoms with E-state index < -0.39 is 0 Å². The quantitative estimate of drug-likeness (QED) is 0.487. The third kappa shape index (κ3) is 49.0. The van der Waals surface area contributed by atoms with Crippen molar-refractivity contribution in [2.24, 2.45) is 5.73 Å². The molecule has 0 radical (unpaired) electrons. The number of nitrogens with two attached hydrogens (primary N) is 1. The number of hydrogen-bond acceptors (Lipinski definition) is 1. The molecular formula is CH3NS2W. The van der Waals surface area contributed by atoms with Gasteiger partial charge in [-0.2, -0.15) is 0 Å². The maximum absolute atomic E-state index is 4.71. The Bertz CT molecular complexity index is 32.6. The van der Waals surface area contributed by atoms with Crippen LogP contribution in [0.3, 0.4) is 0 Å². The molecule has 30 valence electrons. The summed E-state index contributed by atoms with van der Waals surface area (Å²) in [4.78, 5) is 0. The Morgan fingerprint density at radius 3 is 1.80 bits per heavy atom. The van der Waals surface area contributed by atoms with E-state index >= 15 is 0 Å². The van der Waals surface area contributed by atoms with E-state index in [0.29, 0.717) is 0 Å². The van der Waals surface area contributed by atoms with Gasteiger partial charge in [-0.15, -0.1) is 12.6 Å². The SMILES string of the molecule is NC(=S)S.[W]. The normalized spacial score (nSPS) is 5.00. The van der Waals surface area contributed by atoms with Gasteiger partial charge in [0.1, 0.15) is 4.32 Å². The molecule has 2 N–H and O–H groups in total. The van der Waals surface area contributed by atoms with Crippen LogP contribution in [0, 0.1) is 0 Å². The minimum Gasteiger partial charge on any atom is -0.385 e. The van der Waals surface area contributed by atoms with Crippen LogP contribution in [0.15, 0.2) is 0 Å². The molecular weight excluding hydrogens is 274 g/mol. The van der Waals surface area contributed by atoms with Crippen molar-refractivity contribution in [2.75, 3.05) is 0 Å². The molecule has 0 spiro atoms. The van der Waals surface area contributed by atoms with Crippen molar-refractivity contribution < 1.29 is 21.1 Å². The molecule has 0 saturated carbocycles. The van der Waals surface area contributed by atoms with Crippen LogP contribution in [0.1, 0.15) is 0 Å². The van der Waals surface area contributed by atoms with Crippen LogP contribution in [-0.2, 0) is 21.1 Å². The van der Waals surface area contributed by atoms with E-state index in [2.05, 4.69) is 24.8 Å². The maximum Gasteiger partial charge on any atom is 0.128 e. The first-order chi connectivity index (χ1) is 1.73. The Balaban J connectivity index is 0. The van der Waals surface area contributed by atoms with Gasteiger partial charge in [0.25, 0.3) is 0 Å². The molecule has 4 heteroatoms. The van der Waals surface area contributed by atoms with Gasteiger partial charge in [-0.3, -0.25) is 0 Å². The molecule has 0 aliphatic rings. The molecule has 0 aromatic rings. The Kier molecular flexibility index (Phi) is 9.20. The van der Waals surface area contributed by atoms with E-state index in [1.165, 1.54) is 0 Å². The van der Waals surface area contributed by atoms with E-state index in [4.69, 9.17) is 5.73 Å². The second kappa shape index (κ2) is 4.93. The van der Waals surface area contributed by atoms with Crippen molar-refractivity contribution in [2.45, 2.75) is 0 Å². The molecule has 0 heterocycles. The standard InChI is InChI=1S/CH3NS2.W/c2-1(3)4;/h(H3,2,3,4);. The van der Waals surface area contributed by atoms with Crippen LogP contribution in [0.25, 0.3) is 0 Å². The Hall–Kier alpha value is 0.928. The average molecular weight is 277 g/mol. The second-order valence-corrected chi connectivity index (χ2v) is 1.56. The third-order valence-corrected chi connectivity index (χ3v) is 0. The predicted octanol–water partition coefficient (Wildman–Crippen LogP) is 0.157. The van der Waals surface area contributed by atoms with Crippen molar-refractivity contribution in [3.05, 3.63) is 0 Å². The fraction of sp³-hybridized carbons (Fsp3) is 0. The fourth-order valence-corrected chi connectivity index (χ4v) is 0. The third-order valence-electron chi connectivity index (χ3n) is 0. The fourth-order valence-electron chi connectivity index (χ4n) is 0. The van der Waals surface area contributed by atoms with Crippen molar-refractivity contribution in [1.29, 1.82) is 0 Å². The van der Waals surface area contributed by atoms with Gasteiger partial charge in [0.15, 0.2) is 0 Å². The summed E-state index contributed by atoms with van der Waals surface area (Å²) in [5.41, 5.74) is 4.71. The summed E-state index contributed by atoms with van der Waals surface area (Å²) in [7, 11) is 0. The topological polar surface area (TPSA) is 26.0 Å². The number of thiocarbonyl (C=S) groups is 1. The molecule has 0 unspecified atom stereocenters. The van der Waals surface area contributed by atoms with Gasteiger partial charge in [0.2, 0.25) is 0 Å². The summed E-state index contributed by atoms with van der Waals surface area (Å²) in [5, 5.41) is 0. The van der Waals surface area contributed by atoms with Crippen LogP contribution < -0.4 is 5.73 Å². The van der Waals surface area contributed by atoms with E-state index in [0.717, 1.165) is 0 Å². The molecule has 1 nitrogen and oxygen atoms in total. The summed E-state index contributed by atoms with van der Waals surface area (Å²) in [6.45, 7) is 0. The minimum absolute atomic E-state index is 0. The van der Waals surface area contributed by atoms with Crippen LogP contribution in [-0.4, -0.2) is 4.32 Å². The van der Waals surface area contributed by atoms with Crippen molar-refractivity contribution >= 4 is 29.2 Å². The van der Waals surface area contributed by atoms with Gasteiger partial charge >= 0.3 is 0 Å². The molecule has 0 amide bonds. The summed E-state index contributed by atoms with van der Waals surface area (Å²) in [6.07, 6.45) is 0. The summed E-state index contributed by atoms with van der Waals surface area (Å²) < 4.78 is 0.194. The zero-order valence-electron chi connectivity index (χ0n) is 2.34. The molecule has 5 heavy (non-hydrogen) atoms. The molecule has 0 fully saturated rings. The molecule has 0 aliphatic carbocycles.